The molecule has 31 heavy (non-hydrogen) atoms. The van der Waals surface area contributed by atoms with Gasteiger partial charge in [-0.05, 0) is 31.4 Å². The number of hydrogen-bond donors (Lipinski definition) is 4. The standard InChI is InChI=1S/C20H22N4O7/c1-9(25)14-16-12-6-3-7-13(15(12)17(19(27)28)23(16)18(14)26)22-20(29)21-10-4-2-5-11(8-10)24(30)31/h2,4-5,8-9,12-14,16,25H,3,6-7H2,1H3,(H,27,28)(H2,21,22,29)/t9?,12-,13-,14+,16+/m0/s1. The maximum atomic E-state index is 12.6. The number of carboxylic acids is 1. The first-order chi connectivity index (χ1) is 14.7. The molecule has 11 heteroatoms. The number of benzene rings is 1. The monoisotopic (exact) mass is 430 g/mol. The number of nitro groups is 1. The maximum absolute atomic E-state index is 12.6. The first kappa shape index (κ1) is 20.8. The Labute approximate surface area is 176 Å². The number of anilines is 1. The van der Waals surface area contributed by atoms with E-state index < -0.39 is 46.9 Å². The summed E-state index contributed by atoms with van der Waals surface area (Å²) in [6.45, 7) is 1.52. The number of fused-ring (bicyclic) bond motifs is 3. The van der Waals surface area contributed by atoms with Gasteiger partial charge in [0.15, 0.2) is 0 Å². The van der Waals surface area contributed by atoms with E-state index in [1.54, 1.807) is 0 Å². The van der Waals surface area contributed by atoms with Crippen molar-refractivity contribution >= 4 is 29.3 Å². The van der Waals surface area contributed by atoms with Crippen LogP contribution in [0.5, 0.6) is 0 Å². The Kier molecular flexibility index (Phi) is 5.13. The summed E-state index contributed by atoms with van der Waals surface area (Å²) in [5, 5.41) is 36.0. The molecule has 3 aliphatic rings. The lowest BCUT2D eigenvalue weighted by Gasteiger charge is -2.47. The number of nitrogens with one attached hydrogen (secondary N) is 2. The molecule has 5 atom stereocenters. The molecule has 0 spiro atoms. The highest BCUT2D eigenvalue weighted by molar-refractivity contribution is 6.00. The van der Waals surface area contributed by atoms with E-state index in [-0.39, 0.29) is 23.0 Å². The van der Waals surface area contributed by atoms with Gasteiger partial charge in [-0.25, -0.2) is 9.59 Å². The topological polar surface area (TPSA) is 162 Å². The minimum absolute atomic E-state index is 0.114. The zero-order valence-electron chi connectivity index (χ0n) is 16.6. The van der Waals surface area contributed by atoms with Gasteiger partial charge in [0.1, 0.15) is 5.70 Å². The molecule has 4 rings (SSSR count). The second kappa shape index (κ2) is 7.65. The summed E-state index contributed by atoms with van der Waals surface area (Å²) in [7, 11) is 0. The van der Waals surface area contributed by atoms with E-state index in [0.717, 1.165) is 0 Å². The van der Waals surface area contributed by atoms with Crippen LogP contribution in [0.25, 0.3) is 0 Å². The summed E-state index contributed by atoms with van der Waals surface area (Å²) in [5.41, 5.74) is 0.437. The number of β-lactam (4-membered cyclic amide) rings is 1. The summed E-state index contributed by atoms with van der Waals surface area (Å²) in [5.74, 6) is -2.57. The van der Waals surface area contributed by atoms with Gasteiger partial charge in [0.05, 0.1) is 29.0 Å². The Morgan fingerprint density at radius 2 is 2.06 bits per heavy atom. The third kappa shape index (κ3) is 3.40. The van der Waals surface area contributed by atoms with Gasteiger partial charge in [0.25, 0.3) is 5.69 Å². The second-order valence-electron chi connectivity index (χ2n) is 8.07. The lowest BCUT2D eigenvalue weighted by Crippen LogP contribution is -2.64. The number of non-ortho nitro benzene ring substituents is 1. The lowest BCUT2D eigenvalue weighted by atomic mass is 9.71. The Bertz CT molecular complexity index is 1000. The number of aliphatic carboxylic acids is 1. The molecule has 1 aromatic rings. The van der Waals surface area contributed by atoms with Crippen molar-refractivity contribution in [2.75, 3.05) is 5.32 Å². The van der Waals surface area contributed by atoms with Gasteiger partial charge in [0, 0.05) is 23.7 Å². The summed E-state index contributed by atoms with van der Waals surface area (Å²) in [6.07, 6.45) is 0.982. The molecule has 11 nitrogen and oxygen atoms in total. The van der Waals surface area contributed by atoms with Crippen molar-refractivity contribution in [3.8, 4) is 0 Å². The van der Waals surface area contributed by atoms with Crippen LogP contribution < -0.4 is 10.6 Å². The average molecular weight is 430 g/mol. The molecule has 0 aromatic heterocycles. The fourth-order valence-corrected chi connectivity index (χ4v) is 5.06. The van der Waals surface area contributed by atoms with E-state index in [4.69, 9.17) is 0 Å². The van der Waals surface area contributed by atoms with Crippen molar-refractivity contribution in [1.82, 2.24) is 10.2 Å². The van der Waals surface area contributed by atoms with Crippen molar-refractivity contribution < 1.29 is 29.5 Å². The summed E-state index contributed by atoms with van der Waals surface area (Å²) in [4.78, 5) is 48.6. The summed E-state index contributed by atoms with van der Waals surface area (Å²) >= 11 is 0. The van der Waals surface area contributed by atoms with Gasteiger partial charge in [-0.2, -0.15) is 0 Å². The Hall–Kier alpha value is -3.47. The van der Waals surface area contributed by atoms with Crippen LogP contribution in [0.3, 0.4) is 0 Å². The zero-order chi connectivity index (χ0) is 22.4. The molecule has 2 fully saturated rings. The highest BCUT2D eigenvalue weighted by Gasteiger charge is 2.62. The molecule has 2 heterocycles. The molecule has 1 saturated carbocycles. The number of urea groups is 1. The largest absolute Gasteiger partial charge is 0.477 e. The van der Waals surface area contributed by atoms with Crippen LogP contribution >= 0.6 is 0 Å². The highest BCUT2D eigenvalue weighted by atomic mass is 16.6. The van der Waals surface area contributed by atoms with E-state index in [1.165, 1.54) is 36.1 Å². The molecule has 1 saturated heterocycles. The highest BCUT2D eigenvalue weighted by Crippen LogP contribution is 2.52. The van der Waals surface area contributed by atoms with Crippen LogP contribution in [-0.2, 0) is 9.59 Å². The van der Waals surface area contributed by atoms with Gasteiger partial charge in [0.2, 0.25) is 5.91 Å². The molecular weight excluding hydrogens is 408 g/mol. The minimum Gasteiger partial charge on any atom is -0.477 e. The van der Waals surface area contributed by atoms with Crippen LogP contribution in [-0.4, -0.2) is 56.1 Å². The van der Waals surface area contributed by atoms with Gasteiger partial charge >= 0.3 is 12.0 Å². The average Bonchev–Trinajstić information content (AvgIpc) is 2.99. The van der Waals surface area contributed by atoms with Crippen LogP contribution in [0.4, 0.5) is 16.2 Å². The smallest absolute Gasteiger partial charge is 0.352 e. The predicted octanol–water partition coefficient (Wildman–Crippen LogP) is 1.45. The van der Waals surface area contributed by atoms with Crippen LogP contribution in [0, 0.1) is 22.0 Å². The van der Waals surface area contributed by atoms with Crippen molar-refractivity contribution in [2.24, 2.45) is 11.8 Å². The lowest BCUT2D eigenvalue weighted by molar-refractivity contribution is -0.384. The minimum atomic E-state index is -1.24. The van der Waals surface area contributed by atoms with Crippen molar-refractivity contribution in [3.63, 3.8) is 0 Å². The van der Waals surface area contributed by atoms with Crippen LogP contribution in [0.1, 0.15) is 26.2 Å². The number of nitro benzene ring substituents is 1. The normalized spacial score (nSPS) is 27.7. The molecule has 3 amide bonds. The fraction of sp³-hybridized carbons (Fsp3) is 0.450. The molecule has 1 unspecified atom stereocenters. The maximum Gasteiger partial charge on any atom is 0.352 e. The van der Waals surface area contributed by atoms with Gasteiger partial charge in [-0.1, -0.05) is 12.5 Å². The number of aliphatic hydroxyl groups is 1. The molecule has 2 aliphatic heterocycles. The number of nitrogens with zero attached hydrogens (tertiary/aromatic N) is 2. The molecule has 0 radical (unpaired) electrons. The molecule has 1 aliphatic carbocycles. The molecule has 1 aromatic carbocycles. The third-order valence-electron chi connectivity index (χ3n) is 6.24. The first-order valence-corrected chi connectivity index (χ1v) is 10.0. The number of aliphatic hydroxyl groups excluding tert-OH is 1. The van der Waals surface area contributed by atoms with Crippen molar-refractivity contribution in [1.29, 1.82) is 0 Å². The van der Waals surface area contributed by atoms with Gasteiger partial charge < -0.3 is 25.7 Å². The Morgan fingerprint density at radius 3 is 2.71 bits per heavy atom. The molecule has 4 N–H and O–H groups in total. The molecular formula is C20H22N4O7. The summed E-state index contributed by atoms with van der Waals surface area (Å²) in [6, 6.07) is 3.83. The number of hydrogen-bond acceptors (Lipinski definition) is 6. The molecule has 0 bridgehead atoms. The second-order valence-corrected chi connectivity index (χ2v) is 8.07. The van der Waals surface area contributed by atoms with E-state index >= 15 is 0 Å². The predicted molar refractivity (Wildman–Crippen MR) is 107 cm³/mol. The summed E-state index contributed by atoms with van der Waals surface area (Å²) < 4.78 is 0. The number of carboxylic acid groups (broad SMARTS) is 1. The third-order valence-corrected chi connectivity index (χ3v) is 6.24. The van der Waals surface area contributed by atoms with Crippen LogP contribution in [0.15, 0.2) is 35.5 Å². The SMILES string of the molecule is CC(O)[C@H]1C(=O)N2C(C(=O)O)=C3[C@@H](NC(=O)Nc4cccc([N+](=O)[O-])c4)CCC[C@@H]3[C@H]12. The number of carbonyl (C=O) groups is 3. The van der Waals surface area contributed by atoms with E-state index in [1.807, 2.05) is 0 Å². The van der Waals surface area contributed by atoms with E-state index in [2.05, 4.69) is 10.6 Å². The molecule has 164 valence electrons. The fourth-order valence-electron chi connectivity index (χ4n) is 5.06. The van der Waals surface area contributed by atoms with E-state index in [0.29, 0.717) is 24.8 Å². The Balaban J connectivity index is 1.56. The van der Waals surface area contributed by atoms with Crippen molar-refractivity contribution in [2.45, 2.75) is 44.4 Å². The zero-order valence-corrected chi connectivity index (χ0v) is 16.6. The Morgan fingerprint density at radius 1 is 1.32 bits per heavy atom. The quantitative estimate of drug-likeness (QED) is 0.312. The van der Waals surface area contributed by atoms with Crippen LogP contribution in [0.2, 0.25) is 0 Å². The van der Waals surface area contributed by atoms with Crippen molar-refractivity contribution in [3.05, 3.63) is 45.6 Å². The van der Waals surface area contributed by atoms with E-state index in [9.17, 15) is 34.7 Å². The number of rotatable bonds is 5. The number of carbonyl (C=O) groups excluding carboxylic acids is 2. The van der Waals surface area contributed by atoms with Gasteiger partial charge in [-0.3, -0.25) is 14.9 Å². The number of amides is 3. The first-order valence-electron chi connectivity index (χ1n) is 10.0. The van der Waals surface area contributed by atoms with Gasteiger partial charge in [-0.15, -0.1) is 0 Å².